The van der Waals surface area contributed by atoms with Crippen molar-refractivity contribution in [1.29, 1.82) is 0 Å². The summed E-state index contributed by atoms with van der Waals surface area (Å²) in [4.78, 5) is 3.88. The van der Waals surface area contributed by atoms with E-state index in [0.717, 1.165) is 5.56 Å². The predicted molar refractivity (Wildman–Crippen MR) is 72.5 cm³/mol. The third-order valence-corrected chi connectivity index (χ3v) is 4.69. The summed E-state index contributed by atoms with van der Waals surface area (Å²) in [6.45, 7) is 0.360. The van der Waals surface area contributed by atoms with E-state index in [0.29, 0.717) is 13.0 Å². The number of rotatable bonds is 5. The molecule has 1 N–H and O–H groups in total. The van der Waals surface area contributed by atoms with E-state index in [1.807, 2.05) is 16.8 Å². The van der Waals surface area contributed by atoms with Gasteiger partial charge in [-0.2, -0.15) is 11.3 Å². The average molecular weight is 303 g/mol. The van der Waals surface area contributed by atoms with E-state index in [4.69, 9.17) is 11.6 Å². The van der Waals surface area contributed by atoms with Crippen LogP contribution in [-0.4, -0.2) is 19.9 Å². The fraction of sp³-hybridized carbons (Fsp3) is 0.182. The van der Waals surface area contributed by atoms with Crippen molar-refractivity contribution in [3.8, 4) is 0 Å². The number of halogens is 1. The van der Waals surface area contributed by atoms with Crippen LogP contribution >= 0.6 is 22.9 Å². The smallest absolute Gasteiger partial charge is 0.240 e. The Bertz CT molecular complexity index is 612. The number of thiophene rings is 1. The number of nitrogens with zero attached hydrogens (tertiary/aromatic N) is 1. The van der Waals surface area contributed by atoms with Crippen molar-refractivity contribution >= 4 is 33.0 Å². The second kappa shape index (κ2) is 5.79. The normalized spacial score (nSPS) is 11.6. The lowest BCUT2D eigenvalue weighted by molar-refractivity contribution is 0.581. The maximum absolute atomic E-state index is 11.9. The lowest BCUT2D eigenvalue weighted by Gasteiger charge is -2.06. The second-order valence-corrected chi connectivity index (χ2v) is 6.53. The summed E-state index contributed by atoms with van der Waals surface area (Å²) < 4.78 is 26.4. The molecule has 0 spiro atoms. The number of hydrogen-bond donors (Lipinski definition) is 1. The van der Waals surface area contributed by atoms with Gasteiger partial charge in [-0.25, -0.2) is 18.1 Å². The van der Waals surface area contributed by atoms with Gasteiger partial charge in [0.25, 0.3) is 0 Å². The van der Waals surface area contributed by atoms with Gasteiger partial charge in [-0.1, -0.05) is 11.6 Å². The lowest BCUT2D eigenvalue weighted by atomic mass is 10.2. The van der Waals surface area contributed by atoms with Crippen LogP contribution in [0.5, 0.6) is 0 Å². The Hall–Kier alpha value is -0.950. The molecule has 7 heteroatoms. The van der Waals surface area contributed by atoms with E-state index >= 15 is 0 Å². The van der Waals surface area contributed by atoms with Crippen molar-refractivity contribution in [1.82, 2.24) is 9.71 Å². The molecule has 0 saturated carbocycles. The zero-order valence-corrected chi connectivity index (χ0v) is 11.7. The van der Waals surface area contributed by atoms with E-state index in [1.165, 1.54) is 18.3 Å². The molecule has 0 fully saturated rings. The summed E-state index contributed by atoms with van der Waals surface area (Å²) in [5, 5.41) is 4.13. The van der Waals surface area contributed by atoms with Gasteiger partial charge in [0.2, 0.25) is 10.0 Å². The third-order valence-electron chi connectivity index (χ3n) is 2.29. The van der Waals surface area contributed by atoms with Crippen LogP contribution in [0.3, 0.4) is 0 Å². The molecule has 0 aliphatic rings. The molecule has 2 rings (SSSR count). The standard InChI is InChI=1S/C11H11ClN2O2S2/c12-11-7-10(2-4-13-11)18(15,16)14-5-1-9-3-6-17-8-9/h2-4,6-8,14H,1,5H2. The summed E-state index contributed by atoms with van der Waals surface area (Å²) in [6, 6.07) is 4.72. The van der Waals surface area contributed by atoms with Gasteiger partial charge in [-0.05, 0) is 40.9 Å². The highest BCUT2D eigenvalue weighted by Crippen LogP contribution is 2.12. The largest absolute Gasteiger partial charge is 0.244 e. The van der Waals surface area contributed by atoms with Crippen LogP contribution in [0.15, 0.2) is 40.1 Å². The highest BCUT2D eigenvalue weighted by atomic mass is 35.5. The highest BCUT2D eigenvalue weighted by Gasteiger charge is 2.13. The molecule has 0 bridgehead atoms. The summed E-state index contributed by atoms with van der Waals surface area (Å²) >= 11 is 7.26. The number of sulfonamides is 1. The van der Waals surface area contributed by atoms with Crippen molar-refractivity contribution in [2.24, 2.45) is 0 Å². The first-order valence-corrected chi connectivity index (χ1v) is 8.00. The fourth-order valence-corrected chi connectivity index (χ4v) is 3.39. The van der Waals surface area contributed by atoms with Crippen LogP contribution in [0.4, 0.5) is 0 Å². The first-order chi connectivity index (χ1) is 8.58. The summed E-state index contributed by atoms with van der Waals surface area (Å²) in [5.74, 6) is 0. The van der Waals surface area contributed by atoms with Crippen molar-refractivity contribution in [3.05, 3.63) is 45.9 Å². The molecular formula is C11H11ClN2O2S2. The van der Waals surface area contributed by atoms with Crippen LogP contribution in [0, 0.1) is 0 Å². The number of aromatic nitrogens is 1. The molecule has 96 valence electrons. The van der Waals surface area contributed by atoms with Gasteiger partial charge in [0.1, 0.15) is 5.15 Å². The zero-order valence-electron chi connectivity index (χ0n) is 9.34. The molecule has 0 radical (unpaired) electrons. The van der Waals surface area contributed by atoms with E-state index < -0.39 is 10.0 Å². The Morgan fingerprint density at radius 3 is 2.89 bits per heavy atom. The minimum Gasteiger partial charge on any atom is -0.244 e. The molecule has 4 nitrogen and oxygen atoms in total. The Morgan fingerprint density at radius 1 is 1.39 bits per heavy atom. The van der Waals surface area contributed by atoms with Gasteiger partial charge < -0.3 is 0 Å². The van der Waals surface area contributed by atoms with Crippen LogP contribution in [0.2, 0.25) is 5.15 Å². The molecule has 0 amide bonds. The molecule has 0 aliphatic carbocycles. The van der Waals surface area contributed by atoms with Gasteiger partial charge in [0, 0.05) is 12.7 Å². The summed E-state index contributed by atoms with van der Waals surface area (Å²) in [7, 11) is -3.51. The van der Waals surface area contributed by atoms with E-state index in [9.17, 15) is 8.42 Å². The lowest BCUT2D eigenvalue weighted by Crippen LogP contribution is -2.25. The molecule has 0 atom stereocenters. The first kappa shape index (κ1) is 13.5. The molecule has 2 aromatic heterocycles. The van der Waals surface area contributed by atoms with Crippen LogP contribution in [0.25, 0.3) is 0 Å². The molecule has 0 aliphatic heterocycles. The average Bonchev–Trinajstić information content (AvgIpc) is 2.82. The van der Waals surface area contributed by atoms with Gasteiger partial charge in [-0.15, -0.1) is 0 Å². The van der Waals surface area contributed by atoms with Crippen molar-refractivity contribution in [3.63, 3.8) is 0 Å². The van der Waals surface area contributed by atoms with E-state index in [1.54, 1.807) is 11.3 Å². The van der Waals surface area contributed by atoms with Gasteiger partial charge >= 0.3 is 0 Å². The molecule has 0 aromatic carbocycles. The van der Waals surface area contributed by atoms with Crippen LogP contribution in [-0.2, 0) is 16.4 Å². The SMILES string of the molecule is O=S(=O)(NCCc1ccsc1)c1ccnc(Cl)c1. The summed E-state index contributed by atoms with van der Waals surface area (Å²) in [6.07, 6.45) is 2.04. The maximum Gasteiger partial charge on any atom is 0.240 e. The molecule has 18 heavy (non-hydrogen) atoms. The monoisotopic (exact) mass is 302 g/mol. The number of pyridine rings is 1. The first-order valence-electron chi connectivity index (χ1n) is 5.20. The minimum atomic E-state index is -3.51. The highest BCUT2D eigenvalue weighted by molar-refractivity contribution is 7.89. The van der Waals surface area contributed by atoms with E-state index in [2.05, 4.69) is 9.71 Å². The van der Waals surface area contributed by atoms with E-state index in [-0.39, 0.29) is 10.0 Å². The Kier molecular flexibility index (Phi) is 4.34. The Balaban J connectivity index is 1.99. The second-order valence-electron chi connectivity index (χ2n) is 3.59. The molecule has 0 unspecified atom stereocenters. The Morgan fingerprint density at radius 2 is 2.22 bits per heavy atom. The Labute approximate surface area is 115 Å². The number of nitrogens with one attached hydrogen (secondary N) is 1. The zero-order chi connectivity index (χ0) is 13.0. The minimum absolute atomic E-state index is 0.132. The van der Waals surface area contributed by atoms with Gasteiger partial charge in [-0.3, -0.25) is 0 Å². The quantitative estimate of drug-likeness (QED) is 0.862. The van der Waals surface area contributed by atoms with Crippen LogP contribution < -0.4 is 4.72 Å². The van der Waals surface area contributed by atoms with Gasteiger partial charge in [0.15, 0.2) is 0 Å². The van der Waals surface area contributed by atoms with Crippen LogP contribution in [0.1, 0.15) is 5.56 Å². The van der Waals surface area contributed by atoms with Crippen molar-refractivity contribution in [2.75, 3.05) is 6.54 Å². The topological polar surface area (TPSA) is 59.1 Å². The third kappa shape index (κ3) is 3.52. The maximum atomic E-state index is 11.9. The van der Waals surface area contributed by atoms with Gasteiger partial charge in [0.05, 0.1) is 4.90 Å². The molecule has 0 saturated heterocycles. The number of hydrogen-bond acceptors (Lipinski definition) is 4. The van der Waals surface area contributed by atoms with Crippen molar-refractivity contribution in [2.45, 2.75) is 11.3 Å². The molecular weight excluding hydrogens is 292 g/mol. The predicted octanol–water partition coefficient (Wildman–Crippen LogP) is 2.32. The summed E-state index contributed by atoms with van der Waals surface area (Å²) in [5.41, 5.74) is 1.12. The van der Waals surface area contributed by atoms with Crippen molar-refractivity contribution < 1.29 is 8.42 Å². The molecule has 2 aromatic rings. The fourth-order valence-electron chi connectivity index (χ4n) is 1.40. The molecule has 2 heterocycles.